The maximum atomic E-state index is 11.0. The minimum absolute atomic E-state index is 0.0198. The van der Waals surface area contributed by atoms with E-state index < -0.39 is 10.9 Å². The van der Waals surface area contributed by atoms with Crippen LogP contribution in [0, 0.1) is 10.1 Å². The molecule has 1 N–H and O–H groups in total. The van der Waals surface area contributed by atoms with Gasteiger partial charge in [0.15, 0.2) is 0 Å². The molecule has 8 heteroatoms. The smallest absolute Gasteiger partial charge is 0.339 e. The summed E-state index contributed by atoms with van der Waals surface area (Å²) >= 11 is 0. The summed E-state index contributed by atoms with van der Waals surface area (Å²) in [6.45, 7) is 1.59. The maximum absolute atomic E-state index is 11.0. The Balaban J connectivity index is 2.53. The van der Waals surface area contributed by atoms with Crippen LogP contribution in [0.25, 0.3) is 0 Å². The molecule has 0 saturated carbocycles. The van der Waals surface area contributed by atoms with Crippen LogP contribution >= 0.6 is 0 Å². The Labute approximate surface area is 121 Å². The van der Waals surface area contributed by atoms with Gasteiger partial charge < -0.3 is 19.3 Å². The molecule has 0 radical (unpaired) electrons. The van der Waals surface area contributed by atoms with Crippen molar-refractivity contribution in [2.45, 2.75) is 6.42 Å². The SMILES string of the molecule is COCCOCCCOc1cc([N+](=O)[O-])ccc1C(=O)O. The molecule has 0 heterocycles. The normalized spacial score (nSPS) is 10.3. The predicted molar refractivity (Wildman–Crippen MR) is 72.9 cm³/mol. The van der Waals surface area contributed by atoms with Crippen molar-refractivity contribution in [2.24, 2.45) is 0 Å². The van der Waals surface area contributed by atoms with Crippen molar-refractivity contribution in [1.29, 1.82) is 0 Å². The van der Waals surface area contributed by atoms with E-state index in [2.05, 4.69) is 0 Å². The first-order valence-electron chi connectivity index (χ1n) is 6.27. The van der Waals surface area contributed by atoms with Gasteiger partial charge in [-0.2, -0.15) is 0 Å². The molecule has 0 aliphatic heterocycles. The highest BCUT2D eigenvalue weighted by Crippen LogP contribution is 2.25. The second kappa shape index (κ2) is 8.88. The topological polar surface area (TPSA) is 108 Å². The first kappa shape index (κ1) is 16.9. The van der Waals surface area contributed by atoms with Gasteiger partial charge in [-0.1, -0.05) is 0 Å². The van der Waals surface area contributed by atoms with E-state index in [9.17, 15) is 14.9 Å². The van der Waals surface area contributed by atoms with Gasteiger partial charge in [0.05, 0.1) is 30.8 Å². The van der Waals surface area contributed by atoms with Crippen LogP contribution in [0.4, 0.5) is 5.69 Å². The van der Waals surface area contributed by atoms with Gasteiger partial charge >= 0.3 is 5.97 Å². The molecular weight excluding hydrogens is 282 g/mol. The second-order valence-corrected chi connectivity index (χ2v) is 4.05. The van der Waals surface area contributed by atoms with E-state index in [4.69, 9.17) is 19.3 Å². The van der Waals surface area contributed by atoms with Crippen LogP contribution < -0.4 is 4.74 Å². The zero-order chi connectivity index (χ0) is 15.7. The highest BCUT2D eigenvalue weighted by atomic mass is 16.6. The largest absolute Gasteiger partial charge is 0.492 e. The third-order valence-electron chi connectivity index (χ3n) is 2.53. The van der Waals surface area contributed by atoms with Crippen LogP contribution in [0.5, 0.6) is 5.75 Å². The fourth-order valence-electron chi connectivity index (χ4n) is 1.51. The van der Waals surface area contributed by atoms with Crippen molar-refractivity contribution in [2.75, 3.05) is 33.5 Å². The summed E-state index contributed by atoms with van der Waals surface area (Å²) in [5.41, 5.74) is -0.327. The molecule has 116 valence electrons. The van der Waals surface area contributed by atoms with Crippen LogP contribution in [0.3, 0.4) is 0 Å². The molecule has 0 aliphatic rings. The monoisotopic (exact) mass is 299 g/mol. The number of aromatic carboxylic acids is 1. The molecule has 0 bridgehead atoms. The summed E-state index contributed by atoms with van der Waals surface area (Å²) in [5.74, 6) is -1.22. The van der Waals surface area contributed by atoms with E-state index in [1.165, 1.54) is 0 Å². The first-order chi connectivity index (χ1) is 10.1. The average Bonchev–Trinajstić information content (AvgIpc) is 2.45. The number of carboxylic acid groups (broad SMARTS) is 1. The van der Waals surface area contributed by atoms with Crippen molar-refractivity contribution in [1.82, 2.24) is 0 Å². The number of nitro benzene ring substituents is 1. The fourth-order valence-corrected chi connectivity index (χ4v) is 1.51. The molecule has 0 saturated heterocycles. The van der Waals surface area contributed by atoms with Crippen molar-refractivity contribution < 1.29 is 29.0 Å². The average molecular weight is 299 g/mol. The highest BCUT2D eigenvalue weighted by Gasteiger charge is 2.16. The summed E-state index contributed by atoms with van der Waals surface area (Å²) in [6.07, 6.45) is 0.533. The number of carboxylic acids is 1. The lowest BCUT2D eigenvalue weighted by molar-refractivity contribution is -0.384. The Kier molecular flexibility index (Phi) is 7.13. The van der Waals surface area contributed by atoms with Crippen molar-refractivity contribution in [3.63, 3.8) is 0 Å². The van der Waals surface area contributed by atoms with Crippen molar-refractivity contribution in [3.8, 4) is 5.75 Å². The standard InChI is InChI=1S/C13H17NO7/c1-19-7-8-20-5-2-6-21-12-9-10(14(17)18)3-4-11(12)13(15)16/h3-4,9H,2,5-8H2,1H3,(H,15,16). The minimum atomic E-state index is -1.20. The predicted octanol–water partition coefficient (Wildman–Crippen LogP) is 1.72. The number of ether oxygens (including phenoxy) is 3. The summed E-state index contributed by atoms with van der Waals surface area (Å²) in [5, 5.41) is 19.7. The summed E-state index contributed by atoms with van der Waals surface area (Å²) in [4.78, 5) is 21.1. The number of hydrogen-bond acceptors (Lipinski definition) is 6. The molecule has 0 amide bonds. The van der Waals surface area contributed by atoms with E-state index in [0.29, 0.717) is 26.2 Å². The summed E-state index contributed by atoms with van der Waals surface area (Å²) < 4.78 is 15.3. The lowest BCUT2D eigenvalue weighted by atomic mass is 10.2. The fraction of sp³-hybridized carbons (Fsp3) is 0.462. The molecule has 0 fully saturated rings. The molecular formula is C13H17NO7. The summed E-state index contributed by atoms with van der Waals surface area (Å²) in [7, 11) is 1.57. The maximum Gasteiger partial charge on any atom is 0.339 e. The Morgan fingerprint density at radius 2 is 2.05 bits per heavy atom. The van der Waals surface area contributed by atoms with Gasteiger partial charge in [0, 0.05) is 26.2 Å². The Hall–Kier alpha value is -2.19. The Morgan fingerprint density at radius 3 is 2.67 bits per heavy atom. The molecule has 0 unspecified atom stereocenters. The number of non-ortho nitro benzene ring substituents is 1. The van der Waals surface area contributed by atoms with Gasteiger partial charge in [-0.05, 0) is 6.07 Å². The van der Waals surface area contributed by atoms with Crippen molar-refractivity contribution >= 4 is 11.7 Å². The van der Waals surface area contributed by atoms with Gasteiger partial charge in [0.1, 0.15) is 11.3 Å². The molecule has 0 atom stereocenters. The molecule has 21 heavy (non-hydrogen) atoms. The third-order valence-corrected chi connectivity index (χ3v) is 2.53. The number of hydrogen-bond donors (Lipinski definition) is 1. The van der Waals surface area contributed by atoms with Gasteiger partial charge in [-0.15, -0.1) is 0 Å². The molecule has 1 aromatic rings. The molecule has 8 nitrogen and oxygen atoms in total. The van der Waals surface area contributed by atoms with E-state index in [0.717, 1.165) is 18.2 Å². The summed E-state index contributed by atoms with van der Waals surface area (Å²) in [6, 6.07) is 3.39. The molecule has 0 aliphatic carbocycles. The number of carbonyl (C=O) groups is 1. The number of nitro groups is 1. The van der Waals surface area contributed by atoms with E-state index in [-0.39, 0.29) is 23.6 Å². The number of methoxy groups -OCH3 is 1. The third kappa shape index (κ3) is 5.76. The number of benzene rings is 1. The van der Waals surface area contributed by atoms with Crippen LogP contribution in [0.1, 0.15) is 16.8 Å². The lowest BCUT2D eigenvalue weighted by Gasteiger charge is -2.09. The zero-order valence-corrected chi connectivity index (χ0v) is 11.6. The molecule has 1 rings (SSSR count). The molecule has 0 aromatic heterocycles. The Bertz CT molecular complexity index is 489. The van der Waals surface area contributed by atoms with Crippen LogP contribution in [0.2, 0.25) is 0 Å². The molecule has 1 aromatic carbocycles. The van der Waals surface area contributed by atoms with E-state index in [1.54, 1.807) is 7.11 Å². The Morgan fingerprint density at radius 1 is 1.29 bits per heavy atom. The quantitative estimate of drug-likeness (QED) is 0.398. The van der Waals surface area contributed by atoms with Crippen LogP contribution in [0.15, 0.2) is 18.2 Å². The van der Waals surface area contributed by atoms with Gasteiger partial charge in [-0.25, -0.2) is 4.79 Å². The first-order valence-corrected chi connectivity index (χ1v) is 6.27. The number of nitrogens with zero attached hydrogens (tertiary/aromatic N) is 1. The van der Waals surface area contributed by atoms with Gasteiger partial charge in [0.25, 0.3) is 5.69 Å². The highest BCUT2D eigenvalue weighted by molar-refractivity contribution is 5.91. The zero-order valence-electron chi connectivity index (χ0n) is 11.6. The van der Waals surface area contributed by atoms with Crippen molar-refractivity contribution in [3.05, 3.63) is 33.9 Å². The number of rotatable bonds is 10. The lowest BCUT2D eigenvalue weighted by Crippen LogP contribution is -2.09. The van der Waals surface area contributed by atoms with Gasteiger partial charge in [-0.3, -0.25) is 10.1 Å². The minimum Gasteiger partial charge on any atom is -0.492 e. The van der Waals surface area contributed by atoms with Crippen LogP contribution in [-0.4, -0.2) is 49.5 Å². The van der Waals surface area contributed by atoms with E-state index in [1.807, 2.05) is 0 Å². The van der Waals surface area contributed by atoms with Gasteiger partial charge in [0.2, 0.25) is 0 Å². The molecule has 0 spiro atoms. The van der Waals surface area contributed by atoms with E-state index >= 15 is 0 Å². The second-order valence-electron chi connectivity index (χ2n) is 4.05. The van der Waals surface area contributed by atoms with Crippen LogP contribution in [-0.2, 0) is 9.47 Å².